The van der Waals surface area contributed by atoms with E-state index in [1.54, 1.807) is 0 Å². The van der Waals surface area contributed by atoms with Crippen LogP contribution in [0, 0.1) is 0 Å². The zero-order chi connectivity index (χ0) is 19.4. The summed E-state index contributed by atoms with van der Waals surface area (Å²) in [5.41, 5.74) is 9.31. The van der Waals surface area contributed by atoms with Gasteiger partial charge in [-0.25, -0.2) is 0 Å². The average Bonchev–Trinajstić information content (AvgIpc) is 2.73. The summed E-state index contributed by atoms with van der Waals surface area (Å²) >= 11 is 0. The van der Waals surface area contributed by atoms with Gasteiger partial charge >= 0.3 is 0 Å². The summed E-state index contributed by atoms with van der Waals surface area (Å²) < 4.78 is 0. The van der Waals surface area contributed by atoms with Crippen LogP contribution in [0.1, 0.15) is 89.2 Å². The Balaban J connectivity index is 0.00000392. The first-order chi connectivity index (χ1) is 13.2. The van der Waals surface area contributed by atoms with Crippen molar-refractivity contribution in [3.05, 3.63) is 71.8 Å². The van der Waals surface area contributed by atoms with Gasteiger partial charge in [0.1, 0.15) is 0 Å². The molecule has 0 aliphatic carbocycles. The zero-order valence-electron chi connectivity index (χ0n) is 17.9. The number of hydrogen-bond donors (Lipinski definition) is 1. The second-order valence-electron chi connectivity index (χ2n) is 8.16. The van der Waals surface area contributed by atoms with E-state index in [1.807, 2.05) is 0 Å². The topological polar surface area (TPSA) is 26.0 Å². The molecule has 28 heavy (non-hydrogen) atoms. The Labute approximate surface area is 179 Å². The molecular weight excluding hydrogens is 362 g/mol. The quantitative estimate of drug-likeness (QED) is 0.342. The minimum Gasteiger partial charge on any atom is -0.327 e. The molecule has 0 radical (unpaired) electrons. The number of hydrogen-bond acceptors (Lipinski definition) is 1. The fourth-order valence-electron chi connectivity index (χ4n) is 4.13. The largest absolute Gasteiger partial charge is 0.327 e. The Morgan fingerprint density at radius 1 is 0.679 bits per heavy atom. The number of nitrogens with two attached hydrogens (primary N) is 1. The van der Waals surface area contributed by atoms with Gasteiger partial charge in [0.15, 0.2) is 0 Å². The van der Waals surface area contributed by atoms with Gasteiger partial charge in [0.05, 0.1) is 0 Å². The molecule has 2 aromatic rings. The van der Waals surface area contributed by atoms with Gasteiger partial charge in [0.2, 0.25) is 0 Å². The predicted octanol–water partition coefficient (Wildman–Crippen LogP) is 7.66. The maximum atomic E-state index is 6.81. The molecule has 0 aliphatic rings. The van der Waals surface area contributed by atoms with Gasteiger partial charge in [-0.3, -0.25) is 0 Å². The van der Waals surface area contributed by atoms with Gasteiger partial charge in [-0.2, -0.15) is 0 Å². The molecule has 1 nitrogen and oxygen atoms in total. The van der Waals surface area contributed by atoms with E-state index in [0.717, 1.165) is 6.42 Å². The first kappa shape index (κ1) is 24.7. The lowest BCUT2D eigenvalue weighted by Crippen LogP contribution is -2.44. The first-order valence-electron chi connectivity index (χ1n) is 11.1. The summed E-state index contributed by atoms with van der Waals surface area (Å²) in [4.78, 5) is 0. The van der Waals surface area contributed by atoms with Crippen LogP contribution >= 0.6 is 12.4 Å². The highest BCUT2D eigenvalue weighted by molar-refractivity contribution is 5.85. The third-order valence-electron chi connectivity index (χ3n) is 6.11. The van der Waals surface area contributed by atoms with Crippen molar-refractivity contribution in [1.29, 1.82) is 0 Å². The van der Waals surface area contributed by atoms with Crippen molar-refractivity contribution in [2.24, 2.45) is 5.73 Å². The van der Waals surface area contributed by atoms with E-state index in [1.165, 1.54) is 68.9 Å². The van der Waals surface area contributed by atoms with E-state index in [0.29, 0.717) is 0 Å². The summed E-state index contributed by atoms with van der Waals surface area (Å²) in [6.45, 7) is 4.60. The van der Waals surface area contributed by atoms with Crippen molar-refractivity contribution >= 4 is 12.4 Å². The van der Waals surface area contributed by atoms with Gasteiger partial charge < -0.3 is 5.73 Å². The molecule has 2 heteroatoms. The minimum atomic E-state index is -0.136. The van der Waals surface area contributed by atoms with Crippen LogP contribution in [0.2, 0.25) is 0 Å². The SMILES string of the molecule is CCCCCCCCCCCC(N)C(C)(c1ccccc1)c1ccccc1.Cl. The monoisotopic (exact) mass is 401 g/mol. The van der Waals surface area contributed by atoms with Crippen LogP contribution in [-0.4, -0.2) is 6.04 Å². The Kier molecular flexibility index (Phi) is 12.2. The fraction of sp³-hybridized carbons (Fsp3) is 0.538. The van der Waals surface area contributed by atoms with Crippen LogP contribution in [0.5, 0.6) is 0 Å². The molecule has 0 spiro atoms. The van der Waals surface area contributed by atoms with Crippen LogP contribution < -0.4 is 5.73 Å². The molecule has 0 amide bonds. The molecule has 0 bridgehead atoms. The molecule has 0 fully saturated rings. The van der Waals surface area contributed by atoms with Crippen LogP contribution in [0.3, 0.4) is 0 Å². The van der Waals surface area contributed by atoms with Gasteiger partial charge in [-0.05, 0) is 24.5 Å². The highest BCUT2D eigenvalue weighted by atomic mass is 35.5. The second-order valence-corrected chi connectivity index (χ2v) is 8.16. The van der Waals surface area contributed by atoms with Crippen molar-refractivity contribution in [3.8, 4) is 0 Å². The maximum Gasteiger partial charge on any atom is 0.0325 e. The van der Waals surface area contributed by atoms with Gasteiger partial charge in [-0.1, -0.05) is 125 Å². The lowest BCUT2D eigenvalue weighted by Gasteiger charge is -2.37. The number of halogens is 1. The van der Waals surface area contributed by atoms with Crippen molar-refractivity contribution in [3.63, 3.8) is 0 Å². The summed E-state index contributed by atoms with van der Waals surface area (Å²) in [7, 11) is 0. The Hall–Kier alpha value is -1.31. The predicted molar refractivity (Wildman–Crippen MR) is 126 cm³/mol. The molecular formula is C26H40ClN. The molecule has 2 N–H and O–H groups in total. The van der Waals surface area contributed by atoms with E-state index in [4.69, 9.17) is 5.73 Å². The highest BCUT2D eigenvalue weighted by Crippen LogP contribution is 2.36. The molecule has 156 valence electrons. The number of benzene rings is 2. The number of rotatable bonds is 13. The normalized spacial score (nSPS) is 12.4. The summed E-state index contributed by atoms with van der Waals surface area (Å²) in [6, 6.07) is 21.7. The first-order valence-corrected chi connectivity index (χ1v) is 11.1. The van der Waals surface area contributed by atoms with Crippen molar-refractivity contribution in [2.75, 3.05) is 0 Å². The molecule has 0 aromatic heterocycles. The molecule has 0 saturated carbocycles. The Bertz CT molecular complexity index is 571. The molecule has 0 aliphatic heterocycles. The van der Waals surface area contributed by atoms with Gasteiger partial charge in [-0.15, -0.1) is 12.4 Å². The van der Waals surface area contributed by atoms with Crippen LogP contribution in [0.15, 0.2) is 60.7 Å². The lowest BCUT2D eigenvalue weighted by atomic mass is 9.69. The smallest absolute Gasteiger partial charge is 0.0325 e. The third-order valence-corrected chi connectivity index (χ3v) is 6.11. The van der Waals surface area contributed by atoms with Crippen molar-refractivity contribution in [2.45, 2.75) is 89.5 Å². The van der Waals surface area contributed by atoms with Crippen molar-refractivity contribution in [1.82, 2.24) is 0 Å². The molecule has 1 atom stereocenters. The van der Waals surface area contributed by atoms with Gasteiger partial charge in [0.25, 0.3) is 0 Å². The number of unbranched alkanes of at least 4 members (excludes halogenated alkanes) is 8. The van der Waals surface area contributed by atoms with Crippen LogP contribution in [0.4, 0.5) is 0 Å². The van der Waals surface area contributed by atoms with Crippen LogP contribution in [-0.2, 0) is 5.41 Å². The molecule has 0 saturated heterocycles. The molecule has 2 rings (SSSR count). The van der Waals surface area contributed by atoms with E-state index < -0.39 is 0 Å². The van der Waals surface area contributed by atoms with Crippen LogP contribution in [0.25, 0.3) is 0 Å². The average molecular weight is 402 g/mol. The van der Waals surface area contributed by atoms with E-state index in [2.05, 4.69) is 74.5 Å². The Morgan fingerprint density at radius 3 is 1.50 bits per heavy atom. The maximum absolute atomic E-state index is 6.81. The van der Waals surface area contributed by atoms with E-state index >= 15 is 0 Å². The minimum absolute atomic E-state index is 0. The highest BCUT2D eigenvalue weighted by Gasteiger charge is 2.34. The van der Waals surface area contributed by atoms with Crippen molar-refractivity contribution < 1.29 is 0 Å². The van der Waals surface area contributed by atoms with E-state index in [9.17, 15) is 0 Å². The fourth-order valence-corrected chi connectivity index (χ4v) is 4.13. The Morgan fingerprint density at radius 2 is 1.07 bits per heavy atom. The summed E-state index contributed by atoms with van der Waals surface area (Å²) in [6.07, 6.45) is 13.3. The summed E-state index contributed by atoms with van der Waals surface area (Å²) in [5.74, 6) is 0. The standard InChI is InChI=1S/C26H39N.ClH/c1-3-4-5-6-7-8-9-10-17-22-25(27)26(2,23-18-13-11-14-19-23)24-20-15-12-16-21-24;/h11-16,18-21,25H,3-10,17,22,27H2,1-2H3;1H. The molecule has 1 unspecified atom stereocenters. The molecule has 0 heterocycles. The zero-order valence-corrected chi connectivity index (χ0v) is 18.7. The third kappa shape index (κ3) is 7.26. The van der Waals surface area contributed by atoms with Gasteiger partial charge in [0, 0.05) is 11.5 Å². The van der Waals surface area contributed by atoms with E-state index in [-0.39, 0.29) is 23.9 Å². The summed E-state index contributed by atoms with van der Waals surface area (Å²) in [5, 5.41) is 0. The second kappa shape index (κ2) is 13.8. The lowest BCUT2D eigenvalue weighted by molar-refractivity contribution is 0.401. The molecule has 2 aromatic carbocycles.